The predicted molar refractivity (Wildman–Crippen MR) is 99.2 cm³/mol. The predicted octanol–water partition coefficient (Wildman–Crippen LogP) is 1.84. The molecule has 26 heavy (non-hydrogen) atoms. The first-order chi connectivity index (χ1) is 12.5. The molecule has 3 rings (SSSR count). The summed E-state index contributed by atoms with van der Waals surface area (Å²) < 4.78 is 27.1. The van der Waals surface area contributed by atoms with Crippen LogP contribution in [0.3, 0.4) is 0 Å². The molecule has 1 aliphatic rings. The van der Waals surface area contributed by atoms with Crippen LogP contribution in [0.2, 0.25) is 0 Å². The summed E-state index contributed by atoms with van der Waals surface area (Å²) in [6.45, 7) is 1.11. The minimum absolute atomic E-state index is 0.0834. The van der Waals surface area contributed by atoms with Crippen molar-refractivity contribution < 1.29 is 17.9 Å². The van der Waals surface area contributed by atoms with Crippen LogP contribution in [0.4, 0.5) is 5.69 Å². The SMILES string of the molecule is O=C(CSc1cccc[n+]1[O-])Nc1ccc(S(=O)(=O)N2CCCC2)cc1. The number of thioether (sulfide) groups is 1. The molecule has 0 bridgehead atoms. The Kier molecular flexibility index (Phi) is 5.80. The second kappa shape index (κ2) is 8.07. The number of benzene rings is 1. The lowest BCUT2D eigenvalue weighted by Crippen LogP contribution is -2.28. The minimum atomic E-state index is -3.46. The molecule has 1 aromatic carbocycles. The number of carbonyl (C=O) groups excluding carboxylic acids is 1. The highest BCUT2D eigenvalue weighted by molar-refractivity contribution is 7.99. The van der Waals surface area contributed by atoms with E-state index in [9.17, 15) is 18.4 Å². The fourth-order valence-corrected chi connectivity index (χ4v) is 4.88. The summed E-state index contributed by atoms with van der Waals surface area (Å²) in [5.41, 5.74) is 0.513. The van der Waals surface area contributed by atoms with Gasteiger partial charge in [0.15, 0.2) is 6.20 Å². The molecule has 1 N–H and O–H groups in total. The van der Waals surface area contributed by atoms with Gasteiger partial charge in [-0.15, -0.1) is 0 Å². The third-order valence-corrected chi connectivity index (χ3v) is 6.91. The number of aromatic nitrogens is 1. The second-order valence-corrected chi connectivity index (χ2v) is 8.77. The zero-order valence-electron chi connectivity index (χ0n) is 14.0. The average Bonchev–Trinajstić information content (AvgIpc) is 3.17. The maximum atomic E-state index is 12.5. The number of nitrogens with zero attached hydrogens (tertiary/aromatic N) is 2. The van der Waals surface area contributed by atoms with Crippen LogP contribution in [-0.2, 0) is 14.8 Å². The van der Waals surface area contributed by atoms with E-state index in [1.165, 1.54) is 22.6 Å². The van der Waals surface area contributed by atoms with Crippen molar-refractivity contribution in [3.63, 3.8) is 0 Å². The van der Waals surface area contributed by atoms with E-state index >= 15 is 0 Å². The number of anilines is 1. The van der Waals surface area contributed by atoms with Crippen LogP contribution in [0.25, 0.3) is 0 Å². The van der Waals surface area contributed by atoms with Gasteiger partial charge in [-0.25, -0.2) is 8.42 Å². The zero-order valence-corrected chi connectivity index (χ0v) is 15.6. The molecule has 138 valence electrons. The number of sulfonamides is 1. The largest absolute Gasteiger partial charge is 0.618 e. The van der Waals surface area contributed by atoms with Gasteiger partial charge in [0, 0.05) is 30.9 Å². The Morgan fingerprint density at radius 3 is 2.50 bits per heavy atom. The molecule has 1 aromatic heterocycles. The van der Waals surface area contributed by atoms with Crippen molar-refractivity contribution in [1.82, 2.24) is 4.31 Å². The van der Waals surface area contributed by atoms with Crippen LogP contribution in [0, 0.1) is 5.21 Å². The summed E-state index contributed by atoms with van der Waals surface area (Å²) in [5.74, 6) is -0.186. The molecule has 1 fully saturated rings. The van der Waals surface area contributed by atoms with Gasteiger partial charge in [0.2, 0.25) is 15.9 Å². The molecule has 0 atom stereocenters. The van der Waals surface area contributed by atoms with Gasteiger partial charge in [0.1, 0.15) is 0 Å². The van der Waals surface area contributed by atoms with Gasteiger partial charge in [-0.05, 0) is 54.9 Å². The maximum Gasteiger partial charge on any atom is 0.251 e. The third kappa shape index (κ3) is 4.35. The summed E-state index contributed by atoms with van der Waals surface area (Å²) in [6, 6.07) is 11.1. The third-order valence-electron chi connectivity index (χ3n) is 3.98. The first kappa shape index (κ1) is 18.7. The number of nitrogens with one attached hydrogen (secondary N) is 1. The lowest BCUT2D eigenvalue weighted by Gasteiger charge is -2.15. The number of carbonyl (C=O) groups is 1. The second-order valence-electron chi connectivity index (χ2n) is 5.84. The number of hydrogen-bond donors (Lipinski definition) is 1. The van der Waals surface area contributed by atoms with E-state index in [0.717, 1.165) is 24.6 Å². The molecule has 1 aliphatic heterocycles. The monoisotopic (exact) mass is 393 g/mol. The Morgan fingerprint density at radius 2 is 1.85 bits per heavy atom. The van der Waals surface area contributed by atoms with E-state index in [1.807, 2.05) is 0 Å². The van der Waals surface area contributed by atoms with Gasteiger partial charge >= 0.3 is 0 Å². The van der Waals surface area contributed by atoms with Crippen molar-refractivity contribution in [2.75, 3.05) is 24.2 Å². The van der Waals surface area contributed by atoms with E-state index in [-0.39, 0.29) is 16.6 Å². The average molecular weight is 393 g/mol. The highest BCUT2D eigenvalue weighted by Crippen LogP contribution is 2.22. The molecule has 7 nitrogen and oxygen atoms in total. The molecular weight excluding hydrogens is 374 g/mol. The van der Waals surface area contributed by atoms with E-state index in [4.69, 9.17) is 0 Å². The van der Waals surface area contributed by atoms with Crippen molar-refractivity contribution in [3.8, 4) is 0 Å². The fourth-order valence-electron chi connectivity index (χ4n) is 2.65. The fraction of sp³-hybridized carbons (Fsp3) is 0.294. The molecule has 0 unspecified atom stereocenters. The van der Waals surface area contributed by atoms with Crippen molar-refractivity contribution in [3.05, 3.63) is 53.9 Å². The lowest BCUT2D eigenvalue weighted by atomic mass is 10.3. The zero-order chi connectivity index (χ0) is 18.6. The number of pyridine rings is 1. The topological polar surface area (TPSA) is 93.4 Å². The minimum Gasteiger partial charge on any atom is -0.618 e. The molecule has 0 spiro atoms. The molecule has 2 heterocycles. The van der Waals surface area contributed by atoms with Crippen molar-refractivity contribution >= 4 is 33.4 Å². The number of hydrogen-bond acceptors (Lipinski definition) is 5. The van der Waals surface area contributed by atoms with E-state index in [2.05, 4.69) is 5.32 Å². The Labute approximate surface area is 156 Å². The van der Waals surface area contributed by atoms with Crippen molar-refractivity contribution in [2.45, 2.75) is 22.8 Å². The van der Waals surface area contributed by atoms with Crippen LogP contribution in [0.15, 0.2) is 58.6 Å². The smallest absolute Gasteiger partial charge is 0.251 e. The molecule has 0 saturated carbocycles. The summed E-state index contributed by atoms with van der Waals surface area (Å²) >= 11 is 1.13. The van der Waals surface area contributed by atoms with Gasteiger partial charge in [-0.1, -0.05) is 0 Å². The Hall–Kier alpha value is -2.10. The molecule has 0 radical (unpaired) electrons. The molecule has 1 saturated heterocycles. The van der Waals surface area contributed by atoms with E-state index < -0.39 is 10.0 Å². The molecular formula is C17H19N3O4S2. The van der Waals surface area contributed by atoms with E-state index in [0.29, 0.717) is 28.5 Å². The highest BCUT2D eigenvalue weighted by atomic mass is 32.2. The Balaban J connectivity index is 1.58. The first-order valence-electron chi connectivity index (χ1n) is 8.18. The van der Waals surface area contributed by atoms with Crippen LogP contribution in [0.1, 0.15) is 12.8 Å². The van der Waals surface area contributed by atoms with Gasteiger partial charge in [0.25, 0.3) is 5.03 Å². The first-order valence-corrected chi connectivity index (χ1v) is 10.6. The summed E-state index contributed by atoms with van der Waals surface area (Å²) in [6.07, 6.45) is 3.14. The number of amides is 1. The summed E-state index contributed by atoms with van der Waals surface area (Å²) in [5, 5.41) is 14.7. The van der Waals surface area contributed by atoms with Crippen LogP contribution < -0.4 is 10.0 Å². The molecule has 0 aliphatic carbocycles. The number of rotatable bonds is 6. The maximum absolute atomic E-state index is 12.5. The Morgan fingerprint density at radius 1 is 1.15 bits per heavy atom. The normalized spacial score (nSPS) is 15.1. The van der Waals surface area contributed by atoms with Crippen LogP contribution in [-0.4, -0.2) is 37.5 Å². The molecule has 1 amide bonds. The van der Waals surface area contributed by atoms with Crippen LogP contribution >= 0.6 is 11.8 Å². The quantitative estimate of drug-likeness (QED) is 0.459. The summed E-state index contributed by atoms with van der Waals surface area (Å²) in [4.78, 5) is 12.2. The van der Waals surface area contributed by atoms with Crippen molar-refractivity contribution in [2.24, 2.45) is 0 Å². The summed E-state index contributed by atoms with van der Waals surface area (Å²) in [7, 11) is -3.46. The Bertz CT molecular complexity index is 879. The van der Waals surface area contributed by atoms with Crippen LogP contribution in [0.5, 0.6) is 0 Å². The molecule has 2 aromatic rings. The standard InChI is InChI=1S/C17H19N3O4S2/c21-16(13-25-17-5-1-2-12-20(17)22)18-14-6-8-15(9-7-14)26(23,24)19-10-3-4-11-19/h1-2,5-9,12H,3-4,10-11,13H2,(H,18,21). The van der Waals surface area contributed by atoms with Gasteiger partial charge in [-0.3, -0.25) is 4.79 Å². The highest BCUT2D eigenvalue weighted by Gasteiger charge is 2.26. The van der Waals surface area contributed by atoms with Gasteiger partial charge in [-0.2, -0.15) is 9.04 Å². The molecule has 9 heteroatoms. The van der Waals surface area contributed by atoms with Gasteiger partial charge in [0.05, 0.1) is 10.6 Å². The van der Waals surface area contributed by atoms with Crippen molar-refractivity contribution in [1.29, 1.82) is 0 Å². The van der Waals surface area contributed by atoms with Gasteiger partial charge < -0.3 is 10.5 Å². The van der Waals surface area contributed by atoms with E-state index in [1.54, 1.807) is 30.3 Å². The lowest BCUT2D eigenvalue weighted by molar-refractivity contribution is -0.645.